The number of hydrogen-bond acceptors (Lipinski definition) is 4. The lowest BCUT2D eigenvalue weighted by molar-refractivity contribution is -0.140. The van der Waals surface area contributed by atoms with Crippen molar-refractivity contribution in [3.63, 3.8) is 0 Å². The van der Waals surface area contributed by atoms with Crippen molar-refractivity contribution in [2.24, 2.45) is 0 Å². The van der Waals surface area contributed by atoms with E-state index in [1.165, 1.54) is 17.0 Å². The Bertz CT molecular complexity index is 1490. The van der Waals surface area contributed by atoms with Crippen LogP contribution in [0.1, 0.15) is 44.4 Å². The van der Waals surface area contributed by atoms with Gasteiger partial charge in [0.2, 0.25) is 11.8 Å². The van der Waals surface area contributed by atoms with Gasteiger partial charge < -0.3 is 10.2 Å². The van der Waals surface area contributed by atoms with Gasteiger partial charge in [-0.1, -0.05) is 59.6 Å². The summed E-state index contributed by atoms with van der Waals surface area (Å²) >= 11 is 12.3. The van der Waals surface area contributed by atoms with Gasteiger partial charge in [0, 0.05) is 12.1 Å². The Morgan fingerprint density at radius 2 is 1.57 bits per heavy atom. The summed E-state index contributed by atoms with van der Waals surface area (Å²) in [6, 6.07) is 17.4. The first-order valence-electron chi connectivity index (χ1n) is 12.8. The van der Waals surface area contributed by atoms with Gasteiger partial charge in [-0.15, -0.1) is 0 Å². The maximum atomic E-state index is 14.0. The van der Waals surface area contributed by atoms with E-state index in [2.05, 4.69) is 5.32 Å². The zero-order chi connectivity index (χ0) is 29.8. The summed E-state index contributed by atoms with van der Waals surface area (Å²) in [5.41, 5.74) is 2.02. The number of sulfonamides is 1. The maximum absolute atomic E-state index is 14.0. The number of hydrogen-bond donors (Lipinski definition) is 1. The minimum Gasteiger partial charge on any atom is -0.350 e. The van der Waals surface area contributed by atoms with Crippen molar-refractivity contribution in [1.82, 2.24) is 10.2 Å². The minimum absolute atomic E-state index is 0.0144. The zero-order valence-corrected chi connectivity index (χ0v) is 25.9. The van der Waals surface area contributed by atoms with Crippen LogP contribution in [-0.4, -0.2) is 43.3 Å². The molecule has 0 radical (unpaired) electrons. The molecule has 0 fully saturated rings. The predicted molar refractivity (Wildman–Crippen MR) is 161 cm³/mol. The number of carbonyl (C=O) groups excluding carboxylic acids is 2. The van der Waals surface area contributed by atoms with E-state index in [-0.39, 0.29) is 17.3 Å². The van der Waals surface area contributed by atoms with Gasteiger partial charge in [0.1, 0.15) is 12.6 Å². The molecule has 3 aromatic carbocycles. The molecule has 3 aromatic rings. The molecule has 214 valence electrons. The van der Waals surface area contributed by atoms with Gasteiger partial charge >= 0.3 is 0 Å². The molecule has 0 heterocycles. The summed E-state index contributed by atoms with van der Waals surface area (Å²) in [6.07, 6.45) is 0. The third-order valence-electron chi connectivity index (χ3n) is 6.25. The monoisotopic (exact) mass is 603 g/mol. The molecule has 1 unspecified atom stereocenters. The third-order valence-corrected chi connectivity index (χ3v) is 8.76. The molecule has 7 nitrogen and oxygen atoms in total. The van der Waals surface area contributed by atoms with Crippen LogP contribution in [0.2, 0.25) is 10.0 Å². The standard InChI is InChI=1S/C30H35Cl2N3O4S/c1-20-12-13-21(2)27(16-20)35(40(38,39)24-10-8-7-9-11-24)19-28(36)34(22(3)29(37)33-30(4,5)6)18-23-14-15-25(31)26(32)17-23/h7-17,22H,18-19H2,1-6H3,(H,33,37). The zero-order valence-electron chi connectivity index (χ0n) is 23.5. The third kappa shape index (κ3) is 7.77. The van der Waals surface area contributed by atoms with Crippen LogP contribution in [-0.2, 0) is 26.2 Å². The molecular formula is C30H35Cl2N3O4S. The van der Waals surface area contributed by atoms with Crippen LogP contribution in [0.4, 0.5) is 5.69 Å². The minimum atomic E-state index is -4.14. The molecule has 0 spiro atoms. The van der Waals surface area contributed by atoms with E-state index in [9.17, 15) is 18.0 Å². The molecule has 1 atom stereocenters. The summed E-state index contributed by atoms with van der Waals surface area (Å²) in [5, 5.41) is 3.57. The highest BCUT2D eigenvalue weighted by molar-refractivity contribution is 7.92. The Morgan fingerprint density at radius 1 is 0.925 bits per heavy atom. The van der Waals surface area contributed by atoms with E-state index >= 15 is 0 Å². The van der Waals surface area contributed by atoms with Gasteiger partial charge in [0.05, 0.1) is 20.6 Å². The second-order valence-corrected chi connectivity index (χ2v) is 13.5. The second kappa shape index (κ2) is 12.6. The van der Waals surface area contributed by atoms with Crippen molar-refractivity contribution >= 4 is 50.7 Å². The summed E-state index contributed by atoms with van der Waals surface area (Å²) in [7, 11) is -4.14. The first kappa shape index (κ1) is 31.5. The van der Waals surface area contributed by atoms with Gasteiger partial charge in [0.15, 0.2) is 0 Å². The van der Waals surface area contributed by atoms with Gasteiger partial charge in [-0.05, 0) is 88.6 Å². The lowest BCUT2D eigenvalue weighted by Gasteiger charge is -2.34. The van der Waals surface area contributed by atoms with Crippen molar-refractivity contribution in [2.75, 3.05) is 10.8 Å². The number of anilines is 1. The van der Waals surface area contributed by atoms with Crippen molar-refractivity contribution in [1.29, 1.82) is 0 Å². The predicted octanol–water partition coefficient (Wildman–Crippen LogP) is 6.14. The largest absolute Gasteiger partial charge is 0.350 e. The number of halogens is 2. The van der Waals surface area contributed by atoms with E-state index in [0.29, 0.717) is 26.9 Å². The quantitative estimate of drug-likeness (QED) is 0.318. The Hall–Kier alpha value is -3.07. The molecule has 1 N–H and O–H groups in total. The average Bonchev–Trinajstić information content (AvgIpc) is 2.88. The van der Waals surface area contributed by atoms with Crippen molar-refractivity contribution in [3.8, 4) is 0 Å². The average molecular weight is 605 g/mol. The fourth-order valence-electron chi connectivity index (χ4n) is 4.11. The molecule has 0 saturated carbocycles. The van der Waals surface area contributed by atoms with Crippen molar-refractivity contribution in [2.45, 2.75) is 64.6 Å². The normalized spacial score (nSPS) is 12.5. The lowest BCUT2D eigenvalue weighted by atomic mass is 10.1. The Labute approximate surface area is 247 Å². The molecule has 0 aliphatic heterocycles. The van der Waals surface area contributed by atoms with E-state index < -0.39 is 34.1 Å². The molecule has 10 heteroatoms. The smallest absolute Gasteiger partial charge is 0.264 e. The summed E-state index contributed by atoms with van der Waals surface area (Å²) in [4.78, 5) is 28.7. The number of rotatable bonds is 9. The number of nitrogens with one attached hydrogen (secondary N) is 1. The first-order valence-corrected chi connectivity index (χ1v) is 15.0. The van der Waals surface area contributed by atoms with Crippen LogP contribution in [0.5, 0.6) is 0 Å². The van der Waals surface area contributed by atoms with E-state index in [1.807, 2.05) is 39.8 Å². The van der Waals surface area contributed by atoms with Gasteiger partial charge in [-0.3, -0.25) is 13.9 Å². The molecule has 40 heavy (non-hydrogen) atoms. The van der Waals surface area contributed by atoms with Crippen LogP contribution in [0.15, 0.2) is 71.6 Å². The van der Waals surface area contributed by atoms with Crippen LogP contribution in [0.25, 0.3) is 0 Å². The number of aryl methyl sites for hydroxylation is 2. The van der Waals surface area contributed by atoms with Crippen LogP contribution in [0, 0.1) is 13.8 Å². The molecule has 2 amide bonds. The SMILES string of the molecule is Cc1ccc(C)c(N(CC(=O)N(Cc2ccc(Cl)c(Cl)c2)C(C)C(=O)NC(C)(C)C)S(=O)(=O)c2ccccc2)c1. The van der Waals surface area contributed by atoms with Crippen LogP contribution in [0.3, 0.4) is 0 Å². The fraction of sp³-hybridized carbons (Fsp3) is 0.333. The van der Waals surface area contributed by atoms with Gasteiger partial charge in [-0.25, -0.2) is 8.42 Å². The van der Waals surface area contributed by atoms with E-state index in [0.717, 1.165) is 9.87 Å². The number of amides is 2. The molecule has 0 aromatic heterocycles. The number of carbonyl (C=O) groups is 2. The molecule has 0 aliphatic carbocycles. The first-order chi connectivity index (χ1) is 18.6. The summed E-state index contributed by atoms with van der Waals surface area (Å²) < 4.78 is 29.0. The molecule has 0 aliphatic rings. The Balaban J connectivity index is 2.08. The van der Waals surface area contributed by atoms with Gasteiger partial charge in [0.25, 0.3) is 10.0 Å². The highest BCUT2D eigenvalue weighted by Crippen LogP contribution is 2.29. The molecule has 0 bridgehead atoms. The van der Waals surface area contributed by atoms with Crippen molar-refractivity contribution in [3.05, 3.63) is 93.5 Å². The Morgan fingerprint density at radius 3 is 2.17 bits per heavy atom. The van der Waals surface area contributed by atoms with Crippen LogP contribution >= 0.6 is 23.2 Å². The number of benzene rings is 3. The molecular weight excluding hydrogens is 569 g/mol. The lowest BCUT2D eigenvalue weighted by Crippen LogP contribution is -2.54. The van der Waals surface area contributed by atoms with E-state index in [1.54, 1.807) is 56.3 Å². The second-order valence-electron chi connectivity index (χ2n) is 10.8. The fourth-order valence-corrected chi connectivity index (χ4v) is 5.92. The van der Waals surface area contributed by atoms with Gasteiger partial charge in [-0.2, -0.15) is 0 Å². The molecule has 3 rings (SSSR count). The van der Waals surface area contributed by atoms with E-state index in [4.69, 9.17) is 23.2 Å². The van der Waals surface area contributed by atoms with Crippen LogP contribution < -0.4 is 9.62 Å². The Kier molecular flexibility index (Phi) is 9.93. The van der Waals surface area contributed by atoms with Crippen molar-refractivity contribution < 1.29 is 18.0 Å². The molecule has 0 saturated heterocycles. The maximum Gasteiger partial charge on any atom is 0.264 e. The number of nitrogens with zero attached hydrogens (tertiary/aromatic N) is 2. The highest BCUT2D eigenvalue weighted by Gasteiger charge is 2.34. The highest BCUT2D eigenvalue weighted by atomic mass is 35.5. The summed E-state index contributed by atoms with van der Waals surface area (Å²) in [6.45, 7) is 10.3. The topological polar surface area (TPSA) is 86.8 Å². The summed E-state index contributed by atoms with van der Waals surface area (Å²) in [5.74, 6) is -0.923.